The van der Waals surface area contributed by atoms with E-state index in [0.717, 1.165) is 17.1 Å². The fraction of sp³-hybridized carbons (Fsp3) is 0.143. The minimum atomic E-state index is -4.52. The topological polar surface area (TPSA) is 56.5 Å². The molecule has 0 aliphatic heterocycles. The van der Waals surface area contributed by atoms with Gasteiger partial charge in [-0.15, -0.1) is 5.10 Å². The van der Waals surface area contributed by atoms with Gasteiger partial charge in [-0.2, -0.15) is 17.9 Å². The fourth-order valence-corrected chi connectivity index (χ4v) is 1.41. The van der Waals surface area contributed by atoms with Gasteiger partial charge in [-0.05, 0) is 32.4 Å². The molecular formula is C7H3BrF3N5. The molecule has 0 aliphatic carbocycles. The largest absolute Gasteiger partial charge is 0.420 e. The van der Waals surface area contributed by atoms with Crippen molar-refractivity contribution in [2.24, 2.45) is 0 Å². The van der Waals surface area contributed by atoms with Crippen LogP contribution in [0, 0.1) is 0 Å². The van der Waals surface area contributed by atoms with E-state index in [4.69, 9.17) is 0 Å². The van der Waals surface area contributed by atoms with Gasteiger partial charge in [0, 0.05) is 10.7 Å². The van der Waals surface area contributed by atoms with Gasteiger partial charge >= 0.3 is 6.18 Å². The third kappa shape index (κ3) is 2.03. The summed E-state index contributed by atoms with van der Waals surface area (Å²) in [4.78, 5) is 3.64. The van der Waals surface area contributed by atoms with Crippen molar-refractivity contribution in [1.29, 1.82) is 0 Å². The summed E-state index contributed by atoms with van der Waals surface area (Å²) < 4.78 is 39.1. The molecule has 9 heteroatoms. The Labute approximate surface area is 95.4 Å². The predicted molar refractivity (Wildman–Crippen MR) is 49.7 cm³/mol. The molecule has 0 saturated heterocycles. The Hall–Kier alpha value is -1.51. The number of pyridine rings is 1. The van der Waals surface area contributed by atoms with Crippen LogP contribution in [0.5, 0.6) is 0 Å². The zero-order valence-electron chi connectivity index (χ0n) is 7.48. The van der Waals surface area contributed by atoms with Crippen molar-refractivity contribution in [3.05, 3.63) is 28.6 Å². The number of nitrogens with zero attached hydrogens (tertiary/aromatic N) is 5. The lowest BCUT2D eigenvalue weighted by Crippen LogP contribution is -2.13. The maximum absolute atomic E-state index is 12.7. The van der Waals surface area contributed by atoms with Gasteiger partial charge in [0.05, 0.1) is 0 Å². The van der Waals surface area contributed by atoms with Crippen LogP contribution >= 0.6 is 15.9 Å². The van der Waals surface area contributed by atoms with E-state index in [1.54, 1.807) is 0 Å². The molecule has 2 aromatic heterocycles. The molecular weight excluding hydrogens is 291 g/mol. The lowest BCUT2D eigenvalue weighted by molar-refractivity contribution is -0.137. The number of aromatic nitrogens is 5. The van der Waals surface area contributed by atoms with E-state index in [-0.39, 0.29) is 10.3 Å². The summed E-state index contributed by atoms with van der Waals surface area (Å²) in [6.45, 7) is 0. The monoisotopic (exact) mass is 293 g/mol. The molecule has 84 valence electrons. The molecule has 0 unspecified atom stereocenters. The molecule has 0 radical (unpaired) electrons. The van der Waals surface area contributed by atoms with Crippen molar-refractivity contribution in [2.45, 2.75) is 6.18 Å². The molecule has 0 saturated carbocycles. The molecule has 0 aliphatic rings. The fourth-order valence-electron chi connectivity index (χ4n) is 1.08. The zero-order valence-corrected chi connectivity index (χ0v) is 9.07. The van der Waals surface area contributed by atoms with E-state index in [1.807, 2.05) is 0 Å². The van der Waals surface area contributed by atoms with E-state index in [2.05, 4.69) is 36.4 Å². The first-order chi connectivity index (χ1) is 7.48. The Bertz CT molecular complexity index is 495. The standard InChI is InChI=1S/C7H3BrF3N5/c8-4-1-5(7(9,10)11)6(12-2-4)16-3-13-14-15-16/h1-3H. The van der Waals surface area contributed by atoms with Crippen LogP contribution in [-0.4, -0.2) is 25.2 Å². The van der Waals surface area contributed by atoms with Crippen molar-refractivity contribution in [1.82, 2.24) is 25.2 Å². The molecule has 2 heterocycles. The van der Waals surface area contributed by atoms with Gasteiger partial charge in [0.2, 0.25) is 0 Å². The molecule has 2 aromatic rings. The van der Waals surface area contributed by atoms with Crippen LogP contribution in [-0.2, 0) is 6.18 Å². The summed E-state index contributed by atoms with van der Waals surface area (Å²) in [5, 5.41) is 9.88. The highest BCUT2D eigenvalue weighted by atomic mass is 79.9. The van der Waals surface area contributed by atoms with Crippen LogP contribution in [0.3, 0.4) is 0 Å². The average molecular weight is 294 g/mol. The third-order valence-corrected chi connectivity index (χ3v) is 2.14. The predicted octanol–water partition coefficient (Wildman–Crippen LogP) is 1.84. The first-order valence-electron chi connectivity index (χ1n) is 3.94. The third-order valence-electron chi connectivity index (χ3n) is 1.70. The van der Waals surface area contributed by atoms with Gasteiger partial charge in [-0.3, -0.25) is 0 Å². The molecule has 0 atom stereocenters. The SMILES string of the molecule is FC(F)(F)c1cc(Br)cnc1-n1cnnn1. The van der Waals surface area contributed by atoms with Gasteiger partial charge in [-0.25, -0.2) is 4.98 Å². The Balaban J connectivity index is 2.62. The highest BCUT2D eigenvalue weighted by Gasteiger charge is 2.35. The van der Waals surface area contributed by atoms with Crippen molar-refractivity contribution >= 4 is 15.9 Å². The Morgan fingerprint density at radius 1 is 1.31 bits per heavy atom. The number of rotatable bonds is 1. The highest BCUT2D eigenvalue weighted by molar-refractivity contribution is 9.10. The lowest BCUT2D eigenvalue weighted by atomic mass is 10.2. The first kappa shape index (κ1) is 11.0. The van der Waals surface area contributed by atoms with Gasteiger partial charge in [0.25, 0.3) is 0 Å². The minimum Gasteiger partial charge on any atom is -0.235 e. The van der Waals surface area contributed by atoms with Gasteiger partial charge in [0.15, 0.2) is 5.82 Å². The van der Waals surface area contributed by atoms with E-state index in [0.29, 0.717) is 0 Å². The van der Waals surface area contributed by atoms with Crippen LogP contribution in [0.25, 0.3) is 5.82 Å². The van der Waals surface area contributed by atoms with Gasteiger partial charge in [0.1, 0.15) is 11.9 Å². The highest BCUT2D eigenvalue weighted by Crippen LogP contribution is 2.33. The van der Waals surface area contributed by atoms with Crippen LogP contribution < -0.4 is 0 Å². The van der Waals surface area contributed by atoms with Crippen LogP contribution in [0.4, 0.5) is 13.2 Å². The van der Waals surface area contributed by atoms with E-state index in [1.165, 1.54) is 6.20 Å². The molecule has 0 aromatic carbocycles. The molecule has 2 rings (SSSR count). The average Bonchev–Trinajstić information content (AvgIpc) is 2.69. The molecule has 0 spiro atoms. The zero-order chi connectivity index (χ0) is 11.8. The Morgan fingerprint density at radius 2 is 2.06 bits per heavy atom. The molecule has 16 heavy (non-hydrogen) atoms. The Kier molecular flexibility index (Phi) is 2.62. The molecule has 5 nitrogen and oxygen atoms in total. The minimum absolute atomic E-state index is 0.233. The number of hydrogen-bond donors (Lipinski definition) is 0. The second-order valence-electron chi connectivity index (χ2n) is 2.78. The quantitative estimate of drug-likeness (QED) is 0.805. The number of tetrazole rings is 1. The number of alkyl halides is 3. The molecule has 0 amide bonds. The summed E-state index contributed by atoms with van der Waals surface area (Å²) in [7, 11) is 0. The summed E-state index contributed by atoms with van der Waals surface area (Å²) in [5.41, 5.74) is -0.908. The van der Waals surface area contributed by atoms with Crippen LogP contribution in [0.15, 0.2) is 23.1 Å². The second-order valence-corrected chi connectivity index (χ2v) is 3.69. The summed E-state index contributed by atoms with van der Waals surface area (Å²) >= 11 is 2.93. The van der Waals surface area contributed by atoms with E-state index in [9.17, 15) is 13.2 Å². The van der Waals surface area contributed by atoms with E-state index >= 15 is 0 Å². The summed E-state index contributed by atoms with van der Waals surface area (Å²) in [6.07, 6.45) is -2.23. The van der Waals surface area contributed by atoms with E-state index < -0.39 is 11.7 Å². The second kappa shape index (κ2) is 3.81. The first-order valence-corrected chi connectivity index (χ1v) is 4.74. The van der Waals surface area contributed by atoms with Crippen molar-refractivity contribution in [2.75, 3.05) is 0 Å². The van der Waals surface area contributed by atoms with Crippen molar-refractivity contribution in [3.8, 4) is 5.82 Å². The number of hydrogen-bond acceptors (Lipinski definition) is 4. The normalized spacial score (nSPS) is 11.8. The lowest BCUT2D eigenvalue weighted by Gasteiger charge is -2.10. The Morgan fingerprint density at radius 3 is 2.62 bits per heavy atom. The number of halogens is 4. The van der Waals surface area contributed by atoms with Gasteiger partial charge < -0.3 is 0 Å². The maximum atomic E-state index is 12.7. The molecule has 0 bridgehead atoms. The summed E-state index contributed by atoms with van der Waals surface area (Å²) in [6, 6.07) is 0.921. The van der Waals surface area contributed by atoms with Crippen LogP contribution in [0.2, 0.25) is 0 Å². The molecule has 0 fully saturated rings. The maximum Gasteiger partial charge on any atom is 0.420 e. The van der Waals surface area contributed by atoms with Crippen molar-refractivity contribution < 1.29 is 13.2 Å². The van der Waals surface area contributed by atoms with Crippen molar-refractivity contribution in [3.63, 3.8) is 0 Å². The van der Waals surface area contributed by atoms with Gasteiger partial charge in [-0.1, -0.05) is 0 Å². The smallest absolute Gasteiger partial charge is 0.235 e. The summed E-state index contributed by atoms with van der Waals surface area (Å²) in [5.74, 6) is -0.360. The molecule has 0 N–H and O–H groups in total. The van der Waals surface area contributed by atoms with Crippen LogP contribution in [0.1, 0.15) is 5.56 Å².